The molecule has 1 aromatic carbocycles. The number of aliphatic carboxylic acids is 1. The predicted molar refractivity (Wildman–Crippen MR) is 93.2 cm³/mol. The van der Waals surface area contributed by atoms with Gasteiger partial charge in [-0.15, -0.1) is 0 Å². The van der Waals surface area contributed by atoms with Crippen LogP contribution in [0.1, 0.15) is 48.9 Å². The summed E-state index contributed by atoms with van der Waals surface area (Å²) in [6.07, 6.45) is 9.07. The Labute approximate surface area is 147 Å². The zero-order valence-electron chi connectivity index (χ0n) is 14.4. The third kappa shape index (κ3) is 3.86. The van der Waals surface area contributed by atoms with E-state index in [0.29, 0.717) is 29.9 Å². The normalized spacial score (nSPS) is 23.4. The van der Waals surface area contributed by atoms with Crippen molar-refractivity contribution in [2.45, 2.75) is 44.6 Å². The van der Waals surface area contributed by atoms with Crippen molar-refractivity contribution in [1.29, 1.82) is 0 Å². The van der Waals surface area contributed by atoms with Gasteiger partial charge in [-0.05, 0) is 56.7 Å². The van der Waals surface area contributed by atoms with Gasteiger partial charge in [-0.2, -0.15) is 0 Å². The highest BCUT2D eigenvalue weighted by atomic mass is 16.5. The molecular weight excluding hydrogens is 320 g/mol. The summed E-state index contributed by atoms with van der Waals surface area (Å²) in [7, 11) is 1.57. The Morgan fingerprint density at radius 2 is 1.72 bits per heavy atom. The van der Waals surface area contributed by atoms with Gasteiger partial charge in [0.05, 0.1) is 19.1 Å². The Morgan fingerprint density at radius 1 is 1.04 bits per heavy atom. The molecule has 1 fully saturated rings. The number of hydrogen-bond acceptors (Lipinski definition) is 4. The maximum Gasteiger partial charge on any atom is 0.307 e. The first-order valence-electron chi connectivity index (χ1n) is 8.87. The molecule has 0 heterocycles. The number of carboxylic acid groups (broad SMARTS) is 1. The van der Waals surface area contributed by atoms with Gasteiger partial charge in [-0.25, -0.2) is 0 Å². The molecule has 0 bridgehead atoms. The smallest absolute Gasteiger partial charge is 0.307 e. The molecule has 0 amide bonds. The second-order valence-corrected chi connectivity index (χ2v) is 6.75. The standard InChI is InChI=1S/C20H24O5/c1-24-17-11-10-13(12-18(17)25-14-6-2-3-7-14)19(21)15-8-4-5-9-16(15)20(22)23/h4-5,10-12,14-16H,2-3,6-9H2,1H3,(H,22,23)/t15-,16+/m1/s1. The number of benzene rings is 1. The highest BCUT2D eigenvalue weighted by Gasteiger charge is 2.34. The van der Waals surface area contributed by atoms with Gasteiger partial charge in [-0.3, -0.25) is 9.59 Å². The third-order valence-electron chi connectivity index (χ3n) is 5.13. The average Bonchev–Trinajstić information content (AvgIpc) is 3.14. The first kappa shape index (κ1) is 17.5. The van der Waals surface area contributed by atoms with Gasteiger partial charge in [-0.1, -0.05) is 12.2 Å². The van der Waals surface area contributed by atoms with Gasteiger partial charge in [0.2, 0.25) is 0 Å². The Balaban J connectivity index is 1.84. The highest BCUT2D eigenvalue weighted by molar-refractivity contribution is 6.00. The minimum Gasteiger partial charge on any atom is -0.493 e. The second kappa shape index (κ2) is 7.72. The molecule has 5 heteroatoms. The Hall–Kier alpha value is -2.30. The van der Waals surface area contributed by atoms with Gasteiger partial charge in [0.1, 0.15) is 0 Å². The lowest BCUT2D eigenvalue weighted by Crippen LogP contribution is -2.31. The van der Waals surface area contributed by atoms with E-state index in [4.69, 9.17) is 9.47 Å². The van der Waals surface area contributed by atoms with E-state index in [1.807, 2.05) is 12.2 Å². The zero-order valence-corrected chi connectivity index (χ0v) is 14.4. The molecule has 0 aliphatic heterocycles. The van der Waals surface area contributed by atoms with Crippen molar-refractivity contribution in [2.75, 3.05) is 7.11 Å². The zero-order chi connectivity index (χ0) is 17.8. The molecule has 0 unspecified atom stereocenters. The van der Waals surface area contributed by atoms with Gasteiger partial charge < -0.3 is 14.6 Å². The number of carbonyl (C=O) groups excluding carboxylic acids is 1. The van der Waals surface area contributed by atoms with E-state index < -0.39 is 17.8 Å². The van der Waals surface area contributed by atoms with Crippen LogP contribution in [0.3, 0.4) is 0 Å². The van der Waals surface area contributed by atoms with Crippen LogP contribution in [-0.4, -0.2) is 30.1 Å². The lowest BCUT2D eigenvalue weighted by Gasteiger charge is -2.24. The highest BCUT2D eigenvalue weighted by Crippen LogP contribution is 2.35. The SMILES string of the molecule is COc1ccc(C(=O)[C@@H]2CC=CC[C@@H]2C(=O)O)cc1OC1CCCC1. The molecule has 0 radical (unpaired) electrons. The molecule has 0 spiro atoms. The van der Waals surface area contributed by atoms with E-state index in [1.54, 1.807) is 25.3 Å². The van der Waals surface area contributed by atoms with Crippen LogP contribution < -0.4 is 9.47 Å². The first-order chi connectivity index (χ1) is 12.1. The van der Waals surface area contributed by atoms with Crippen LogP contribution >= 0.6 is 0 Å². The molecular formula is C20H24O5. The van der Waals surface area contributed by atoms with E-state index in [-0.39, 0.29) is 11.9 Å². The van der Waals surface area contributed by atoms with Crippen LogP contribution in [0, 0.1) is 11.8 Å². The van der Waals surface area contributed by atoms with E-state index in [1.165, 1.54) is 0 Å². The van der Waals surface area contributed by atoms with E-state index in [9.17, 15) is 14.7 Å². The fraction of sp³-hybridized carbons (Fsp3) is 0.500. The third-order valence-corrected chi connectivity index (χ3v) is 5.13. The molecule has 134 valence electrons. The van der Waals surface area contributed by atoms with Crippen LogP contribution in [0.2, 0.25) is 0 Å². The summed E-state index contributed by atoms with van der Waals surface area (Å²) in [6.45, 7) is 0. The van der Waals surface area contributed by atoms with Crippen molar-refractivity contribution in [3.8, 4) is 11.5 Å². The van der Waals surface area contributed by atoms with E-state index in [2.05, 4.69) is 0 Å². The second-order valence-electron chi connectivity index (χ2n) is 6.75. The van der Waals surface area contributed by atoms with Gasteiger partial charge in [0.15, 0.2) is 17.3 Å². The summed E-state index contributed by atoms with van der Waals surface area (Å²) in [6, 6.07) is 5.13. The van der Waals surface area contributed by atoms with Crippen molar-refractivity contribution in [3.63, 3.8) is 0 Å². The summed E-state index contributed by atoms with van der Waals surface area (Å²) in [5, 5.41) is 9.40. The average molecular weight is 344 g/mol. The molecule has 2 aliphatic rings. The minimum atomic E-state index is -0.918. The number of ketones is 1. The molecule has 1 N–H and O–H groups in total. The summed E-state index contributed by atoms with van der Waals surface area (Å²) in [5.74, 6) is -1.09. The molecule has 3 rings (SSSR count). The molecule has 0 saturated heterocycles. The fourth-order valence-corrected chi connectivity index (χ4v) is 3.70. The summed E-state index contributed by atoms with van der Waals surface area (Å²) in [4.78, 5) is 24.4. The fourth-order valence-electron chi connectivity index (χ4n) is 3.70. The van der Waals surface area contributed by atoms with Crippen LogP contribution in [0.15, 0.2) is 30.4 Å². The molecule has 1 aromatic rings. The van der Waals surface area contributed by atoms with Crippen LogP contribution in [0.5, 0.6) is 11.5 Å². The van der Waals surface area contributed by atoms with Crippen molar-refractivity contribution >= 4 is 11.8 Å². The van der Waals surface area contributed by atoms with Gasteiger partial charge in [0, 0.05) is 11.5 Å². The number of rotatable bonds is 6. The van der Waals surface area contributed by atoms with E-state index >= 15 is 0 Å². The Morgan fingerprint density at radius 3 is 2.36 bits per heavy atom. The Kier molecular flexibility index (Phi) is 5.41. The van der Waals surface area contributed by atoms with Crippen molar-refractivity contribution in [1.82, 2.24) is 0 Å². The van der Waals surface area contributed by atoms with Crippen molar-refractivity contribution in [3.05, 3.63) is 35.9 Å². The number of allylic oxidation sites excluding steroid dienone is 2. The number of Topliss-reactive ketones (excluding diaryl/α,β-unsaturated/α-hetero) is 1. The number of ether oxygens (including phenoxy) is 2. The van der Waals surface area contributed by atoms with Crippen LogP contribution in [0.4, 0.5) is 0 Å². The van der Waals surface area contributed by atoms with Crippen molar-refractivity contribution in [2.24, 2.45) is 11.8 Å². The van der Waals surface area contributed by atoms with E-state index in [0.717, 1.165) is 25.7 Å². The van der Waals surface area contributed by atoms with Crippen LogP contribution in [0.25, 0.3) is 0 Å². The topological polar surface area (TPSA) is 72.8 Å². The predicted octanol–water partition coefficient (Wildman–Crippen LogP) is 3.87. The summed E-state index contributed by atoms with van der Waals surface area (Å²) in [5.41, 5.74) is 0.486. The number of hydrogen-bond donors (Lipinski definition) is 1. The molecule has 5 nitrogen and oxygen atoms in total. The maximum absolute atomic E-state index is 12.9. The maximum atomic E-state index is 12.9. The lowest BCUT2D eigenvalue weighted by molar-refractivity contribution is -0.143. The number of methoxy groups -OCH3 is 1. The summed E-state index contributed by atoms with van der Waals surface area (Å²) >= 11 is 0. The van der Waals surface area contributed by atoms with Gasteiger partial charge in [0.25, 0.3) is 0 Å². The molecule has 2 aliphatic carbocycles. The van der Waals surface area contributed by atoms with Crippen LogP contribution in [-0.2, 0) is 4.79 Å². The Bertz CT molecular complexity index is 673. The minimum absolute atomic E-state index is 0.143. The lowest BCUT2D eigenvalue weighted by atomic mass is 9.78. The number of carboxylic acids is 1. The first-order valence-corrected chi connectivity index (χ1v) is 8.87. The quantitative estimate of drug-likeness (QED) is 0.626. The summed E-state index contributed by atoms with van der Waals surface area (Å²) < 4.78 is 11.4. The number of carbonyl (C=O) groups is 2. The molecule has 25 heavy (non-hydrogen) atoms. The largest absolute Gasteiger partial charge is 0.493 e. The molecule has 2 atom stereocenters. The van der Waals surface area contributed by atoms with Gasteiger partial charge >= 0.3 is 5.97 Å². The van der Waals surface area contributed by atoms with Crippen molar-refractivity contribution < 1.29 is 24.2 Å². The molecule has 1 saturated carbocycles. The monoisotopic (exact) mass is 344 g/mol. The molecule has 0 aromatic heterocycles.